The van der Waals surface area contributed by atoms with Gasteiger partial charge in [0.15, 0.2) is 0 Å². The molecule has 0 fully saturated rings. The van der Waals surface area contributed by atoms with Gasteiger partial charge in [0.1, 0.15) is 0 Å². The van der Waals surface area contributed by atoms with Crippen LogP contribution >= 0.6 is 23.2 Å². The summed E-state index contributed by atoms with van der Waals surface area (Å²) < 4.78 is 0. The minimum atomic E-state index is -0.620. The normalized spacial score (nSPS) is 12.8. The number of carbonyl (C=O) groups is 2. The van der Waals surface area contributed by atoms with E-state index in [-0.39, 0.29) is 29.7 Å². The second-order valence-corrected chi connectivity index (χ2v) is 7.59. The van der Waals surface area contributed by atoms with Gasteiger partial charge >= 0.3 is 0 Å². The number of rotatable bonds is 7. The van der Waals surface area contributed by atoms with Gasteiger partial charge in [-0.1, -0.05) is 57.0 Å². The van der Waals surface area contributed by atoms with Crippen molar-refractivity contribution in [3.05, 3.63) is 33.8 Å². The maximum Gasteiger partial charge on any atom is 0.239 e. The third-order valence-corrected chi connectivity index (χ3v) is 4.61. The first kappa shape index (κ1) is 20.7. The summed E-state index contributed by atoms with van der Waals surface area (Å²) in [5.41, 5.74) is 6.35. The SMILES string of the molecule is CC(C)[C@H](N)C(=O)NCC(=O)NCC(C)(C)c1ccc(Cl)c(Cl)c1. The van der Waals surface area contributed by atoms with E-state index < -0.39 is 6.04 Å². The summed E-state index contributed by atoms with van der Waals surface area (Å²) in [4.78, 5) is 23.7. The minimum Gasteiger partial charge on any atom is -0.354 e. The van der Waals surface area contributed by atoms with Crippen LogP contribution in [-0.2, 0) is 15.0 Å². The average Bonchev–Trinajstić information content (AvgIpc) is 2.52. The lowest BCUT2D eigenvalue weighted by molar-refractivity contribution is -0.127. The Bertz CT molecular complexity index is 603. The van der Waals surface area contributed by atoms with Crippen molar-refractivity contribution >= 4 is 35.0 Å². The van der Waals surface area contributed by atoms with Gasteiger partial charge < -0.3 is 16.4 Å². The molecule has 7 heteroatoms. The first-order chi connectivity index (χ1) is 11.0. The van der Waals surface area contributed by atoms with Crippen molar-refractivity contribution in [3.63, 3.8) is 0 Å². The fourth-order valence-corrected chi connectivity index (χ4v) is 2.29. The van der Waals surface area contributed by atoms with Crippen LogP contribution in [0.4, 0.5) is 0 Å². The molecule has 1 rings (SSSR count). The molecule has 0 aromatic heterocycles. The molecule has 134 valence electrons. The topological polar surface area (TPSA) is 84.2 Å². The summed E-state index contributed by atoms with van der Waals surface area (Å²) >= 11 is 12.0. The Labute approximate surface area is 153 Å². The molecule has 24 heavy (non-hydrogen) atoms. The predicted molar refractivity (Wildman–Crippen MR) is 98.3 cm³/mol. The molecule has 0 aliphatic heterocycles. The quantitative estimate of drug-likeness (QED) is 0.686. The fraction of sp³-hybridized carbons (Fsp3) is 0.529. The molecular weight excluding hydrogens is 349 g/mol. The minimum absolute atomic E-state index is 0.0154. The lowest BCUT2D eigenvalue weighted by Gasteiger charge is -2.26. The number of nitrogens with one attached hydrogen (secondary N) is 2. The Morgan fingerprint density at radius 2 is 1.79 bits per heavy atom. The van der Waals surface area contributed by atoms with Crippen LogP contribution in [0.3, 0.4) is 0 Å². The van der Waals surface area contributed by atoms with Gasteiger partial charge in [0.2, 0.25) is 11.8 Å². The lowest BCUT2D eigenvalue weighted by Crippen LogP contribution is -2.48. The molecule has 0 radical (unpaired) electrons. The Morgan fingerprint density at radius 1 is 1.17 bits per heavy atom. The van der Waals surface area contributed by atoms with Crippen LogP contribution in [0.1, 0.15) is 33.3 Å². The first-order valence-corrected chi connectivity index (χ1v) is 8.55. The van der Waals surface area contributed by atoms with Crippen LogP contribution in [0.5, 0.6) is 0 Å². The predicted octanol–water partition coefficient (Wildman–Crippen LogP) is 2.49. The number of halogens is 2. The largest absolute Gasteiger partial charge is 0.354 e. The van der Waals surface area contributed by atoms with Crippen molar-refractivity contribution in [2.75, 3.05) is 13.1 Å². The van der Waals surface area contributed by atoms with Crippen molar-refractivity contribution in [2.24, 2.45) is 11.7 Å². The Balaban J connectivity index is 2.53. The highest BCUT2D eigenvalue weighted by atomic mass is 35.5. The molecule has 5 nitrogen and oxygen atoms in total. The molecular formula is C17H25Cl2N3O2. The van der Waals surface area contributed by atoms with Gasteiger partial charge in [0.05, 0.1) is 22.6 Å². The van der Waals surface area contributed by atoms with E-state index in [1.54, 1.807) is 12.1 Å². The van der Waals surface area contributed by atoms with Crippen LogP contribution in [0, 0.1) is 5.92 Å². The van der Waals surface area contributed by atoms with Crippen LogP contribution in [-0.4, -0.2) is 30.9 Å². The molecule has 1 atom stereocenters. The van der Waals surface area contributed by atoms with E-state index in [1.807, 2.05) is 33.8 Å². The van der Waals surface area contributed by atoms with E-state index in [1.165, 1.54) is 0 Å². The van der Waals surface area contributed by atoms with Gasteiger partial charge in [0.25, 0.3) is 0 Å². The summed E-state index contributed by atoms with van der Waals surface area (Å²) in [7, 11) is 0. The maximum atomic E-state index is 11.9. The number of hydrogen-bond donors (Lipinski definition) is 3. The van der Waals surface area contributed by atoms with Gasteiger partial charge in [0, 0.05) is 12.0 Å². The molecule has 0 saturated carbocycles. The molecule has 1 aromatic carbocycles. The highest BCUT2D eigenvalue weighted by Gasteiger charge is 2.23. The van der Waals surface area contributed by atoms with Gasteiger partial charge in [-0.25, -0.2) is 0 Å². The van der Waals surface area contributed by atoms with E-state index in [0.29, 0.717) is 16.6 Å². The average molecular weight is 374 g/mol. The summed E-state index contributed by atoms with van der Waals surface area (Å²) in [6.45, 7) is 7.97. The first-order valence-electron chi connectivity index (χ1n) is 7.80. The van der Waals surface area contributed by atoms with Crippen LogP contribution in [0.15, 0.2) is 18.2 Å². The molecule has 0 aliphatic rings. The molecule has 0 saturated heterocycles. The van der Waals surface area contributed by atoms with E-state index in [0.717, 1.165) is 5.56 Å². The smallest absolute Gasteiger partial charge is 0.239 e. The summed E-state index contributed by atoms with van der Waals surface area (Å²) in [6, 6.07) is 4.78. The molecule has 0 bridgehead atoms. The highest BCUT2D eigenvalue weighted by Crippen LogP contribution is 2.29. The third kappa shape index (κ3) is 5.96. The Kier molecular flexibility index (Phi) is 7.52. The highest BCUT2D eigenvalue weighted by molar-refractivity contribution is 6.42. The standard InChI is InChI=1S/C17H25Cl2N3O2/c1-10(2)15(20)16(24)21-8-14(23)22-9-17(3,4)11-5-6-12(18)13(19)7-11/h5-7,10,15H,8-9,20H2,1-4H3,(H,21,24)(H,22,23)/t15-/m0/s1. The fourth-order valence-electron chi connectivity index (χ4n) is 1.99. The van der Waals surface area contributed by atoms with Gasteiger partial charge in [-0.2, -0.15) is 0 Å². The van der Waals surface area contributed by atoms with Crippen molar-refractivity contribution in [2.45, 2.75) is 39.2 Å². The van der Waals surface area contributed by atoms with Gasteiger partial charge in [-0.05, 0) is 23.6 Å². The van der Waals surface area contributed by atoms with Crippen LogP contribution in [0.2, 0.25) is 10.0 Å². The van der Waals surface area contributed by atoms with Crippen LogP contribution in [0.25, 0.3) is 0 Å². The van der Waals surface area contributed by atoms with Crippen molar-refractivity contribution < 1.29 is 9.59 Å². The van der Waals surface area contributed by atoms with E-state index >= 15 is 0 Å². The molecule has 1 aromatic rings. The monoisotopic (exact) mass is 373 g/mol. The maximum absolute atomic E-state index is 11.9. The number of nitrogens with two attached hydrogens (primary N) is 1. The summed E-state index contributed by atoms with van der Waals surface area (Å²) in [5, 5.41) is 6.32. The van der Waals surface area contributed by atoms with E-state index in [4.69, 9.17) is 28.9 Å². The molecule has 0 heterocycles. The number of carbonyl (C=O) groups excluding carboxylic acids is 2. The second-order valence-electron chi connectivity index (χ2n) is 6.78. The third-order valence-electron chi connectivity index (χ3n) is 3.87. The number of hydrogen-bond acceptors (Lipinski definition) is 3. The van der Waals surface area contributed by atoms with Crippen molar-refractivity contribution in [1.29, 1.82) is 0 Å². The Hall–Kier alpha value is -1.30. The summed E-state index contributed by atoms with van der Waals surface area (Å²) in [5.74, 6) is -0.585. The van der Waals surface area contributed by atoms with Crippen LogP contribution < -0.4 is 16.4 Å². The van der Waals surface area contributed by atoms with Gasteiger partial charge in [-0.15, -0.1) is 0 Å². The van der Waals surface area contributed by atoms with Crippen molar-refractivity contribution in [1.82, 2.24) is 10.6 Å². The number of benzene rings is 1. The molecule has 0 spiro atoms. The molecule has 0 unspecified atom stereocenters. The molecule has 0 aliphatic carbocycles. The zero-order valence-corrected chi connectivity index (χ0v) is 16.0. The van der Waals surface area contributed by atoms with E-state index in [9.17, 15) is 9.59 Å². The Morgan fingerprint density at radius 3 is 2.33 bits per heavy atom. The molecule has 4 N–H and O–H groups in total. The van der Waals surface area contributed by atoms with E-state index in [2.05, 4.69) is 10.6 Å². The molecule has 2 amide bonds. The number of amides is 2. The zero-order valence-electron chi connectivity index (χ0n) is 14.5. The van der Waals surface area contributed by atoms with Crippen molar-refractivity contribution in [3.8, 4) is 0 Å². The summed E-state index contributed by atoms with van der Waals surface area (Å²) in [6.07, 6.45) is 0. The van der Waals surface area contributed by atoms with Gasteiger partial charge in [-0.3, -0.25) is 9.59 Å². The zero-order chi connectivity index (χ0) is 18.5. The second kappa shape index (κ2) is 8.70. The lowest BCUT2D eigenvalue weighted by atomic mass is 9.84.